The van der Waals surface area contributed by atoms with Gasteiger partial charge in [0.1, 0.15) is 12.4 Å². The smallest absolute Gasteiger partial charge is 0.217 e. The second kappa shape index (κ2) is 8.80. The second-order valence-corrected chi connectivity index (χ2v) is 9.63. The van der Waals surface area contributed by atoms with Gasteiger partial charge in [0.25, 0.3) is 0 Å². The molecule has 4 rings (SSSR count). The van der Waals surface area contributed by atoms with E-state index >= 15 is 0 Å². The van der Waals surface area contributed by atoms with Crippen molar-refractivity contribution >= 4 is 29.7 Å². The highest BCUT2D eigenvalue weighted by atomic mass is 31.1. The topological polar surface area (TPSA) is 30.8 Å². The molecule has 0 N–H and O–H groups in total. The molecule has 0 bridgehead atoms. The summed E-state index contributed by atoms with van der Waals surface area (Å²) in [5, 5.41) is 3.80. The Morgan fingerprint density at radius 1 is 0.931 bits per heavy atom. The van der Waals surface area contributed by atoms with Crippen LogP contribution in [0.15, 0.2) is 83.9 Å². The van der Waals surface area contributed by atoms with Gasteiger partial charge >= 0.3 is 0 Å². The lowest BCUT2D eigenvalue weighted by Gasteiger charge is -2.22. The van der Waals surface area contributed by atoms with Crippen molar-refractivity contribution in [1.29, 1.82) is 0 Å². The summed E-state index contributed by atoms with van der Waals surface area (Å²) in [6.07, 6.45) is 0. The minimum absolute atomic E-state index is 0.208. The van der Waals surface area contributed by atoms with Crippen LogP contribution in [0.1, 0.15) is 19.4 Å². The van der Waals surface area contributed by atoms with Crippen LogP contribution in [0.25, 0.3) is 0 Å². The molecule has 4 heteroatoms. The van der Waals surface area contributed by atoms with Crippen molar-refractivity contribution in [2.24, 2.45) is 10.9 Å². The Balaban J connectivity index is 1.89. The summed E-state index contributed by atoms with van der Waals surface area (Å²) in [6, 6.07) is 27.8. The molecule has 29 heavy (non-hydrogen) atoms. The van der Waals surface area contributed by atoms with E-state index in [2.05, 4.69) is 86.6 Å². The van der Waals surface area contributed by atoms with Crippen molar-refractivity contribution in [2.75, 3.05) is 13.7 Å². The summed E-state index contributed by atoms with van der Waals surface area (Å²) in [5.74, 6) is 2.06. The van der Waals surface area contributed by atoms with E-state index in [9.17, 15) is 0 Å². The van der Waals surface area contributed by atoms with Gasteiger partial charge in [-0.15, -0.1) is 0 Å². The van der Waals surface area contributed by atoms with Crippen LogP contribution in [0.5, 0.6) is 5.75 Å². The number of benzene rings is 3. The molecule has 0 fully saturated rings. The standard InChI is InChI=1S/C25H26NO2P/c1-18(2)23-17-28-25(26-23)22-15-14-19(27-3)16-24(22)29(20-10-6-4-7-11-20)21-12-8-5-9-13-21/h4-16,18,23H,17H2,1-3H3/t23-/m1/s1. The highest BCUT2D eigenvalue weighted by Gasteiger charge is 2.28. The van der Waals surface area contributed by atoms with Crippen LogP contribution in [0.2, 0.25) is 0 Å². The van der Waals surface area contributed by atoms with E-state index in [1.807, 2.05) is 6.07 Å². The van der Waals surface area contributed by atoms with E-state index in [1.54, 1.807) is 7.11 Å². The van der Waals surface area contributed by atoms with E-state index in [-0.39, 0.29) is 6.04 Å². The molecule has 0 aliphatic carbocycles. The Kier molecular flexibility index (Phi) is 5.97. The molecular formula is C25H26NO2P. The van der Waals surface area contributed by atoms with E-state index in [4.69, 9.17) is 14.5 Å². The second-order valence-electron chi connectivity index (χ2n) is 7.45. The summed E-state index contributed by atoms with van der Waals surface area (Å²) in [6.45, 7) is 5.03. The summed E-state index contributed by atoms with van der Waals surface area (Å²) in [5.41, 5.74) is 1.06. The highest BCUT2D eigenvalue weighted by molar-refractivity contribution is 7.80. The third-order valence-corrected chi connectivity index (χ3v) is 7.63. The lowest BCUT2D eigenvalue weighted by Crippen LogP contribution is -2.25. The van der Waals surface area contributed by atoms with Gasteiger partial charge < -0.3 is 9.47 Å². The monoisotopic (exact) mass is 403 g/mol. The number of rotatable bonds is 6. The van der Waals surface area contributed by atoms with Crippen molar-refractivity contribution < 1.29 is 9.47 Å². The Morgan fingerprint density at radius 2 is 1.55 bits per heavy atom. The Morgan fingerprint density at radius 3 is 2.07 bits per heavy atom. The highest BCUT2D eigenvalue weighted by Crippen LogP contribution is 2.36. The van der Waals surface area contributed by atoms with Crippen molar-refractivity contribution in [1.82, 2.24) is 0 Å². The normalized spacial score (nSPS) is 16.0. The average Bonchev–Trinajstić information content (AvgIpc) is 3.26. The fourth-order valence-corrected chi connectivity index (χ4v) is 5.93. The predicted octanol–water partition coefficient (Wildman–Crippen LogP) is 4.25. The lowest BCUT2D eigenvalue weighted by molar-refractivity contribution is 0.292. The molecule has 0 spiro atoms. The van der Waals surface area contributed by atoms with Crippen LogP contribution < -0.4 is 20.7 Å². The third-order valence-electron chi connectivity index (χ3n) is 5.15. The summed E-state index contributed by atoms with van der Waals surface area (Å²) >= 11 is 0. The Hall–Kier alpha value is -2.64. The molecule has 3 nitrogen and oxygen atoms in total. The number of ether oxygens (including phenoxy) is 2. The van der Waals surface area contributed by atoms with Gasteiger partial charge in [-0.25, -0.2) is 4.99 Å². The molecule has 0 saturated heterocycles. The maximum atomic E-state index is 6.07. The van der Waals surface area contributed by atoms with E-state index < -0.39 is 7.92 Å². The zero-order valence-electron chi connectivity index (χ0n) is 17.1. The van der Waals surface area contributed by atoms with Gasteiger partial charge in [-0.05, 0) is 42.6 Å². The van der Waals surface area contributed by atoms with Crippen molar-refractivity contribution in [3.8, 4) is 5.75 Å². The van der Waals surface area contributed by atoms with E-state index in [0.717, 1.165) is 17.2 Å². The summed E-state index contributed by atoms with van der Waals surface area (Å²) in [4.78, 5) is 4.91. The van der Waals surface area contributed by atoms with Gasteiger partial charge in [-0.2, -0.15) is 0 Å². The first-order valence-corrected chi connectivity index (χ1v) is 11.3. The van der Waals surface area contributed by atoms with Crippen molar-refractivity contribution in [3.05, 3.63) is 84.4 Å². The minimum Gasteiger partial charge on any atom is -0.497 e. The quantitative estimate of drug-likeness (QED) is 0.576. The summed E-state index contributed by atoms with van der Waals surface area (Å²) in [7, 11) is 0.938. The molecule has 0 radical (unpaired) electrons. The molecule has 0 aromatic heterocycles. The maximum absolute atomic E-state index is 6.07. The van der Waals surface area contributed by atoms with Crippen LogP contribution >= 0.6 is 7.92 Å². The van der Waals surface area contributed by atoms with E-state index in [1.165, 1.54) is 15.9 Å². The average molecular weight is 403 g/mol. The Bertz CT molecular complexity index is 947. The summed E-state index contributed by atoms with van der Waals surface area (Å²) < 4.78 is 11.7. The third kappa shape index (κ3) is 4.21. The SMILES string of the molecule is COc1ccc(C2=N[C@@H](C(C)C)CO2)c(P(c2ccccc2)c2ccccc2)c1. The molecular weight excluding hydrogens is 377 g/mol. The van der Waals surface area contributed by atoms with Gasteiger partial charge in [0, 0.05) is 10.9 Å². The van der Waals surface area contributed by atoms with Crippen LogP contribution in [-0.4, -0.2) is 25.7 Å². The van der Waals surface area contributed by atoms with Crippen molar-refractivity contribution in [2.45, 2.75) is 19.9 Å². The first-order valence-electron chi connectivity index (χ1n) is 9.96. The number of hydrogen-bond acceptors (Lipinski definition) is 3. The fourth-order valence-electron chi connectivity index (χ4n) is 3.46. The number of nitrogens with zero attached hydrogens (tertiary/aromatic N) is 1. The molecule has 1 aliphatic rings. The molecule has 3 aromatic rings. The van der Waals surface area contributed by atoms with Crippen LogP contribution in [0.3, 0.4) is 0 Å². The molecule has 1 atom stereocenters. The van der Waals surface area contributed by atoms with Gasteiger partial charge in [-0.3, -0.25) is 0 Å². The molecule has 1 heterocycles. The number of aliphatic imine (C=N–C) groups is 1. The van der Waals surface area contributed by atoms with Crippen LogP contribution in [0.4, 0.5) is 0 Å². The molecule has 0 unspecified atom stereocenters. The van der Waals surface area contributed by atoms with Crippen LogP contribution in [0, 0.1) is 5.92 Å². The van der Waals surface area contributed by atoms with Gasteiger partial charge in [0.05, 0.1) is 13.2 Å². The first kappa shape index (κ1) is 19.7. The first-order chi connectivity index (χ1) is 14.2. The van der Waals surface area contributed by atoms with Crippen LogP contribution in [-0.2, 0) is 4.74 Å². The van der Waals surface area contributed by atoms with Gasteiger partial charge in [-0.1, -0.05) is 74.5 Å². The number of hydrogen-bond donors (Lipinski definition) is 0. The maximum Gasteiger partial charge on any atom is 0.217 e. The van der Waals surface area contributed by atoms with Gasteiger partial charge in [0.15, 0.2) is 0 Å². The minimum atomic E-state index is -0.775. The number of methoxy groups -OCH3 is 1. The Labute approximate surface area is 174 Å². The fraction of sp³-hybridized carbons (Fsp3) is 0.240. The molecule has 0 amide bonds. The van der Waals surface area contributed by atoms with Gasteiger partial charge in [0.2, 0.25) is 5.90 Å². The zero-order chi connectivity index (χ0) is 20.2. The lowest BCUT2D eigenvalue weighted by atomic mass is 10.1. The van der Waals surface area contributed by atoms with E-state index in [0.29, 0.717) is 12.5 Å². The molecule has 0 saturated carbocycles. The van der Waals surface area contributed by atoms with Crippen molar-refractivity contribution in [3.63, 3.8) is 0 Å². The molecule has 148 valence electrons. The molecule has 1 aliphatic heterocycles. The predicted molar refractivity (Wildman–Crippen MR) is 123 cm³/mol. The molecule has 3 aromatic carbocycles. The largest absolute Gasteiger partial charge is 0.497 e. The zero-order valence-corrected chi connectivity index (χ0v) is 18.0.